The molecule has 0 bridgehead atoms. The number of likely N-dealkylation sites (N-methyl/N-ethyl adjacent to an activating group) is 1. The molecule has 28 heavy (non-hydrogen) atoms. The van der Waals surface area contributed by atoms with Gasteiger partial charge in [-0.1, -0.05) is 0 Å². The van der Waals surface area contributed by atoms with E-state index >= 15 is 0 Å². The zero-order valence-electron chi connectivity index (χ0n) is 17.1. The zero-order chi connectivity index (χ0) is 19.5. The molecule has 1 saturated heterocycles. The number of nitrogens with zero attached hydrogens (tertiary/aromatic N) is 4. The molecule has 2 aliphatic heterocycles. The molecule has 7 nitrogen and oxygen atoms in total. The van der Waals surface area contributed by atoms with Crippen LogP contribution in [0.4, 0.5) is 5.82 Å². The molecule has 0 unspecified atom stereocenters. The van der Waals surface area contributed by atoms with Gasteiger partial charge in [-0.25, -0.2) is 15.0 Å². The third kappa shape index (κ3) is 2.76. The highest BCUT2D eigenvalue weighted by atomic mass is 16.5. The van der Waals surface area contributed by atoms with E-state index in [9.17, 15) is 0 Å². The van der Waals surface area contributed by atoms with E-state index in [1.807, 2.05) is 6.92 Å². The molecule has 5 rings (SSSR count). The van der Waals surface area contributed by atoms with Crippen LogP contribution in [-0.2, 0) is 17.8 Å². The van der Waals surface area contributed by atoms with Gasteiger partial charge in [0, 0.05) is 17.7 Å². The lowest BCUT2D eigenvalue weighted by atomic mass is 9.89. The van der Waals surface area contributed by atoms with Crippen molar-refractivity contribution in [3.05, 3.63) is 23.1 Å². The summed E-state index contributed by atoms with van der Waals surface area (Å²) < 4.78 is 12.3. The summed E-state index contributed by atoms with van der Waals surface area (Å²) >= 11 is 0. The van der Waals surface area contributed by atoms with Gasteiger partial charge in [0.15, 0.2) is 11.4 Å². The van der Waals surface area contributed by atoms with Crippen molar-refractivity contribution in [2.45, 2.75) is 46.3 Å². The minimum absolute atomic E-state index is 0.202. The van der Waals surface area contributed by atoms with Gasteiger partial charge in [-0.05, 0) is 33.3 Å². The molecule has 3 aromatic heterocycles. The summed E-state index contributed by atoms with van der Waals surface area (Å²) in [6.45, 7) is 14.5. The maximum absolute atomic E-state index is 6.28. The van der Waals surface area contributed by atoms with Crippen molar-refractivity contribution < 1.29 is 14.1 Å². The Morgan fingerprint density at radius 2 is 1.96 bits per heavy atom. The molecule has 1 N–H and O–H groups in total. The van der Waals surface area contributed by atoms with Crippen LogP contribution in [0.3, 0.4) is 0 Å². The normalized spacial score (nSPS) is 20.1. The fourth-order valence-electron chi connectivity index (χ4n) is 4.57. The number of aryl methyl sites for hydroxylation is 1. The molecule has 2 aliphatic rings. The lowest BCUT2D eigenvalue weighted by Crippen LogP contribution is -3.14. The van der Waals surface area contributed by atoms with Gasteiger partial charge in [-0.2, -0.15) is 0 Å². The second kappa shape index (κ2) is 6.39. The summed E-state index contributed by atoms with van der Waals surface area (Å²) in [7, 11) is 0. The number of rotatable bonds is 2. The molecule has 148 valence electrons. The van der Waals surface area contributed by atoms with E-state index in [-0.39, 0.29) is 5.60 Å². The monoisotopic (exact) mass is 382 g/mol. The Kier molecular flexibility index (Phi) is 4.07. The predicted molar refractivity (Wildman–Crippen MR) is 108 cm³/mol. The topological polar surface area (TPSA) is 68.7 Å². The van der Waals surface area contributed by atoms with Crippen LogP contribution in [0.25, 0.3) is 22.2 Å². The molecule has 0 aliphatic carbocycles. The van der Waals surface area contributed by atoms with Crippen LogP contribution >= 0.6 is 0 Å². The summed E-state index contributed by atoms with van der Waals surface area (Å²) in [6.07, 6.45) is 2.50. The van der Waals surface area contributed by atoms with Gasteiger partial charge >= 0.3 is 0 Å². The molecule has 0 spiro atoms. The highest BCUT2D eigenvalue weighted by molar-refractivity contribution is 6.06. The second-order valence-corrected chi connectivity index (χ2v) is 8.63. The second-order valence-electron chi connectivity index (χ2n) is 8.63. The third-order valence-corrected chi connectivity index (χ3v) is 6.29. The van der Waals surface area contributed by atoms with E-state index in [1.54, 1.807) is 11.2 Å². The maximum atomic E-state index is 6.28. The Morgan fingerprint density at radius 3 is 2.71 bits per heavy atom. The average molecular weight is 382 g/mol. The van der Waals surface area contributed by atoms with Crippen molar-refractivity contribution in [1.82, 2.24) is 15.0 Å². The Hall–Kier alpha value is -2.25. The molecular weight excluding hydrogens is 354 g/mol. The highest BCUT2D eigenvalue weighted by Crippen LogP contribution is 2.39. The quantitative estimate of drug-likeness (QED) is 0.727. The summed E-state index contributed by atoms with van der Waals surface area (Å²) in [5.74, 6) is 0.899. The van der Waals surface area contributed by atoms with E-state index in [0.717, 1.165) is 60.6 Å². The fraction of sp³-hybridized carbons (Fsp3) is 0.571. The van der Waals surface area contributed by atoms with Crippen molar-refractivity contribution in [3.8, 4) is 0 Å². The SMILES string of the molecule is CC[NH+]1CCN(c2ncnc3c2oc2nc(C)c4c(c23)CC(C)(C)OC4)CC1. The Balaban J connectivity index is 1.67. The number of furan rings is 1. The van der Waals surface area contributed by atoms with Crippen LogP contribution in [-0.4, -0.2) is 53.3 Å². The molecule has 0 saturated carbocycles. The summed E-state index contributed by atoms with van der Waals surface area (Å²) in [5, 5.41) is 1.04. The van der Waals surface area contributed by atoms with Crippen molar-refractivity contribution in [2.75, 3.05) is 37.6 Å². The number of quaternary nitrogens is 1. The van der Waals surface area contributed by atoms with Crippen molar-refractivity contribution in [3.63, 3.8) is 0 Å². The predicted octanol–water partition coefficient (Wildman–Crippen LogP) is 1.66. The standard InChI is InChI=1S/C21H27N5O2/c1-5-25-6-8-26(9-7-25)19-18-17(22-12-23-19)16-14-10-21(3,4)27-11-15(14)13(2)24-20(16)28-18/h12H,5-11H2,1-4H3/p+1. The van der Waals surface area contributed by atoms with E-state index in [4.69, 9.17) is 14.1 Å². The summed E-state index contributed by atoms with van der Waals surface area (Å²) in [5.41, 5.74) is 5.54. The number of fused-ring (bicyclic) bond motifs is 5. The van der Waals surface area contributed by atoms with Crippen LogP contribution in [0, 0.1) is 6.92 Å². The number of hydrogen-bond donors (Lipinski definition) is 1. The minimum Gasteiger partial charge on any atom is -0.432 e. The van der Waals surface area contributed by atoms with Gasteiger partial charge in [0.05, 0.1) is 50.3 Å². The van der Waals surface area contributed by atoms with Gasteiger partial charge in [0.1, 0.15) is 11.8 Å². The van der Waals surface area contributed by atoms with E-state index in [1.165, 1.54) is 17.7 Å². The first-order valence-electron chi connectivity index (χ1n) is 10.2. The van der Waals surface area contributed by atoms with Crippen molar-refractivity contribution in [1.29, 1.82) is 0 Å². The van der Waals surface area contributed by atoms with Crippen LogP contribution in [0.2, 0.25) is 0 Å². The third-order valence-electron chi connectivity index (χ3n) is 6.29. The maximum Gasteiger partial charge on any atom is 0.229 e. The molecule has 1 fully saturated rings. The van der Waals surface area contributed by atoms with Crippen molar-refractivity contribution >= 4 is 28.0 Å². The Bertz CT molecular complexity index is 1050. The minimum atomic E-state index is -0.202. The van der Waals surface area contributed by atoms with Crippen LogP contribution < -0.4 is 9.80 Å². The Labute approximate surface area is 164 Å². The molecule has 0 aromatic carbocycles. The van der Waals surface area contributed by atoms with Crippen LogP contribution in [0.5, 0.6) is 0 Å². The molecule has 3 aromatic rings. The number of anilines is 1. The highest BCUT2D eigenvalue weighted by Gasteiger charge is 2.32. The summed E-state index contributed by atoms with van der Waals surface area (Å²) in [6, 6.07) is 0. The number of piperazine rings is 1. The first-order valence-corrected chi connectivity index (χ1v) is 10.2. The van der Waals surface area contributed by atoms with Gasteiger partial charge in [-0.15, -0.1) is 0 Å². The smallest absolute Gasteiger partial charge is 0.229 e. The van der Waals surface area contributed by atoms with Crippen LogP contribution in [0.15, 0.2) is 10.7 Å². The molecule has 0 radical (unpaired) electrons. The first-order chi connectivity index (χ1) is 13.5. The van der Waals surface area contributed by atoms with Crippen LogP contribution in [0.1, 0.15) is 37.6 Å². The van der Waals surface area contributed by atoms with E-state index < -0.39 is 0 Å². The lowest BCUT2D eigenvalue weighted by molar-refractivity contribution is -0.898. The number of pyridine rings is 1. The lowest BCUT2D eigenvalue weighted by Gasteiger charge is -2.32. The number of nitrogens with one attached hydrogen (secondary N) is 1. The van der Waals surface area contributed by atoms with Gasteiger partial charge in [0.2, 0.25) is 5.71 Å². The molecule has 0 amide bonds. The van der Waals surface area contributed by atoms with E-state index in [0.29, 0.717) is 12.3 Å². The Morgan fingerprint density at radius 1 is 1.18 bits per heavy atom. The molecule has 0 atom stereocenters. The summed E-state index contributed by atoms with van der Waals surface area (Å²) in [4.78, 5) is 17.9. The van der Waals surface area contributed by atoms with Gasteiger partial charge in [0.25, 0.3) is 0 Å². The number of ether oxygens (including phenoxy) is 1. The van der Waals surface area contributed by atoms with Crippen molar-refractivity contribution in [2.24, 2.45) is 0 Å². The van der Waals surface area contributed by atoms with Gasteiger partial charge < -0.3 is 19.0 Å². The molecule has 7 heteroatoms. The average Bonchev–Trinajstić information content (AvgIpc) is 3.05. The number of hydrogen-bond acceptors (Lipinski definition) is 6. The fourth-order valence-corrected chi connectivity index (χ4v) is 4.57. The molecular formula is C21H28N5O2+. The molecule has 5 heterocycles. The van der Waals surface area contributed by atoms with Gasteiger partial charge in [-0.3, -0.25) is 0 Å². The first kappa shape index (κ1) is 17.8. The largest absolute Gasteiger partial charge is 0.432 e. The van der Waals surface area contributed by atoms with E-state index in [2.05, 4.69) is 35.6 Å². The zero-order valence-corrected chi connectivity index (χ0v) is 17.1. The number of aromatic nitrogens is 3.